The Hall–Kier alpha value is -2.91. The summed E-state index contributed by atoms with van der Waals surface area (Å²) in [5, 5.41) is 0. The zero-order chi connectivity index (χ0) is 21.7. The van der Waals surface area contributed by atoms with Gasteiger partial charge in [0.1, 0.15) is 11.5 Å². The van der Waals surface area contributed by atoms with Crippen molar-refractivity contribution in [2.75, 3.05) is 27.3 Å². The lowest BCUT2D eigenvalue weighted by molar-refractivity contribution is -0.140. The Morgan fingerprint density at radius 3 is 2.20 bits per heavy atom. The van der Waals surface area contributed by atoms with Gasteiger partial charge in [0.2, 0.25) is 10.0 Å². The summed E-state index contributed by atoms with van der Waals surface area (Å²) < 4.78 is 42.3. The number of nitrogens with zero attached hydrogens (tertiary/aromatic N) is 1. The van der Waals surface area contributed by atoms with E-state index in [4.69, 9.17) is 9.47 Å². The van der Waals surface area contributed by atoms with Crippen LogP contribution >= 0.6 is 0 Å². The second-order valence-corrected chi connectivity index (χ2v) is 8.75. The van der Waals surface area contributed by atoms with Crippen molar-refractivity contribution in [2.24, 2.45) is 5.92 Å². The fourth-order valence-corrected chi connectivity index (χ4v) is 4.75. The molecule has 1 atom stereocenters. The SMILES string of the molecule is COC(=O)c1ccc(OC(=O)[C@@H]2CCCN(S(=O)(=O)c3ccc(OC)cc3)C2)cc1. The molecular formula is C21H23NO7S. The molecule has 3 rings (SSSR count). The molecule has 1 fully saturated rings. The number of benzene rings is 2. The molecule has 1 aliphatic heterocycles. The van der Waals surface area contributed by atoms with Crippen molar-refractivity contribution in [3.8, 4) is 11.5 Å². The Labute approximate surface area is 175 Å². The summed E-state index contributed by atoms with van der Waals surface area (Å²) in [7, 11) is -0.936. The van der Waals surface area contributed by atoms with Crippen molar-refractivity contribution in [1.29, 1.82) is 0 Å². The van der Waals surface area contributed by atoms with Crippen LogP contribution in [0.1, 0.15) is 23.2 Å². The predicted octanol–water partition coefficient (Wildman–Crippen LogP) is 2.49. The monoisotopic (exact) mass is 433 g/mol. The Bertz CT molecular complexity index is 1000. The molecule has 30 heavy (non-hydrogen) atoms. The normalized spacial score (nSPS) is 17.2. The third kappa shape index (κ3) is 4.80. The number of ether oxygens (including phenoxy) is 3. The second kappa shape index (κ2) is 9.27. The average molecular weight is 433 g/mol. The number of methoxy groups -OCH3 is 2. The molecule has 0 amide bonds. The lowest BCUT2D eigenvalue weighted by atomic mass is 10.00. The van der Waals surface area contributed by atoms with Crippen LogP contribution in [0.3, 0.4) is 0 Å². The summed E-state index contributed by atoms with van der Waals surface area (Å²) in [6.07, 6.45) is 1.09. The number of hydrogen-bond acceptors (Lipinski definition) is 7. The molecule has 1 aliphatic rings. The maximum atomic E-state index is 12.9. The molecule has 1 heterocycles. The summed E-state index contributed by atoms with van der Waals surface area (Å²) in [6.45, 7) is 0.388. The van der Waals surface area contributed by atoms with Gasteiger partial charge in [0.15, 0.2) is 0 Å². The van der Waals surface area contributed by atoms with Gasteiger partial charge in [-0.15, -0.1) is 0 Å². The minimum absolute atomic E-state index is 0.0490. The quantitative estimate of drug-likeness (QED) is 0.510. The Morgan fingerprint density at radius 1 is 0.967 bits per heavy atom. The van der Waals surface area contributed by atoms with E-state index in [1.807, 2.05) is 0 Å². The number of esters is 2. The van der Waals surface area contributed by atoms with Gasteiger partial charge in [0.25, 0.3) is 0 Å². The third-order valence-corrected chi connectivity index (χ3v) is 6.79. The van der Waals surface area contributed by atoms with Crippen LogP contribution in [0.4, 0.5) is 0 Å². The summed E-state index contributed by atoms with van der Waals surface area (Å²) in [4.78, 5) is 24.2. The number of hydrogen-bond donors (Lipinski definition) is 0. The molecule has 160 valence electrons. The van der Waals surface area contributed by atoms with E-state index < -0.39 is 27.9 Å². The largest absolute Gasteiger partial charge is 0.497 e. The summed E-state index contributed by atoms with van der Waals surface area (Å²) in [5.74, 6) is -0.725. The topological polar surface area (TPSA) is 99.2 Å². The molecule has 0 spiro atoms. The maximum absolute atomic E-state index is 12.9. The molecule has 8 nitrogen and oxygen atoms in total. The highest BCUT2D eigenvalue weighted by molar-refractivity contribution is 7.89. The van der Waals surface area contributed by atoms with Gasteiger partial charge >= 0.3 is 11.9 Å². The highest BCUT2D eigenvalue weighted by atomic mass is 32.2. The number of piperidine rings is 1. The van der Waals surface area contributed by atoms with E-state index in [9.17, 15) is 18.0 Å². The molecule has 2 aromatic carbocycles. The molecule has 0 unspecified atom stereocenters. The minimum atomic E-state index is -3.73. The van der Waals surface area contributed by atoms with Gasteiger partial charge in [-0.25, -0.2) is 13.2 Å². The van der Waals surface area contributed by atoms with Crippen molar-refractivity contribution >= 4 is 22.0 Å². The van der Waals surface area contributed by atoms with E-state index in [1.54, 1.807) is 12.1 Å². The smallest absolute Gasteiger partial charge is 0.337 e. The Morgan fingerprint density at radius 2 is 1.60 bits per heavy atom. The fraction of sp³-hybridized carbons (Fsp3) is 0.333. The van der Waals surface area contributed by atoms with E-state index >= 15 is 0 Å². The van der Waals surface area contributed by atoms with Crippen LogP contribution in [0.5, 0.6) is 11.5 Å². The maximum Gasteiger partial charge on any atom is 0.337 e. The van der Waals surface area contributed by atoms with Crippen molar-refractivity contribution in [3.05, 3.63) is 54.1 Å². The number of rotatable bonds is 6. The second-order valence-electron chi connectivity index (χ2n) is 6.81. The first-order valence-electron chi connectivity index (χ1n) is 9.39. The van der Waals surface area contributed by atoms with E-state index in [-0.39, 0.29) is 17.2 Å². The highest BCUT2D eigenvalue weighted by Crippen LogP contribution is 2.26. The lowest BCUT2D eigenvalue weighted by Gasteiger charge is -2.30. The molecule has 0 N–H and O–H groups in total. The molecule has 0 aliphatic carbocycles. The van der Waals surface area contributed by atoms with E-state index in [0.717, 1.165) is 0 Å². The molecule has 1 saturated heterocycles. The lowest BCUT2D eigenvalue weighted by Crippen LogP contribution is -2.43. The van der Waals surface area contributed by atoms with Crippen LogP contribution in [0.25, 0.3) is 0 Å². The molecule has 0 bridgehead atoms. The summed E-state index contributed by atoms with van der Waals surface area (Å²) in [5.41, 5.74) is 0.340. The van der Waals surface area contributed by atoms with Gasteiger partial charge in [-0.1, -0.05) is 0 Å². The summed E-state index contributed by atoms with van der Waals surface area (Å²) >= 11 is 0. The van der Waals surface area contributed by atoms with Crippen molar-refractivity contribution < 1.29 is 32.2 Å². The predicted molar refractivity (Wildman–Crippen MR) is 108 cm³/mol. The van der Waals surface area contributed by atoms with Crippen LogP contribution in [0.15, 0.2) is 53.4 Å². The van der Waals surface area contributed by atoms with Gasteiger partial charge in [0.05, 0.1) is 30.6 Å². The fourth-order valence-electron chi connectivity index (χ4n) is 3.23. The minimum Gasteiger partial charge on any atom is -0.497 e. The van der Waals surface area contributed by atoms with Crippen molar-refractivity contribution in [3.63, 3.8) is 0 Å². The molecular weight excluding hydrogens is 410 g/mol. The van der Waals surface area contributed by atoms with Gasteiger partial charge in [0, 0.05) is 13.1 Å². The van der Waals surface area contributed by atoms with Crippen LogP contribution < -0.4 is 9.47 Å². The zero-order valence-electron chi connectivity index (χ0n) is 16.7. The van der Waals surface area contributed by atoms with Crippen molar-refractivity contribution in [2.45, 2.75) is 17.7 Å². The van der Waals surface area contributed by atoms with Crippen LogP contribution in [-0.2, 0) is 19.6 Å². The highest BCUT2D eigenvalue weighted by Gasteiger charge is 2.34. The van der Waals surface area contributed by atoms with Crippen LogP contribution in [0, 0.1) is 5.92 Å². The van der Waals surface area contributed by atoms with Crippen molar-refractivity contribution in [1.82, 2.24) is 4.31 Å². The van der Waals surface area contributed by atoms with E-state index in [0.29, 0.717) is 30.7 Å². The first kappa shape index (κ1) is 21.8. The van der Waals surface area contributed by atoms with Crippen LogP contribution in [0.2, 0.25) is 0 Å². The molecule has 0 aromatic heterocycles. The van der Waals surface area contributed by atoms with E-state index in [1.165, 1.54) is 54.9 Å². The van der Waals surface area contributed by atoms with E-state index in [2.05, 4.69) is 4.74 Å². The third-order valence-electron chi connectivity index (χ3n) is 4.91. The molecule has 0 radical (unpaired) electrons. The van der Waals surface area contributed by atoms with Gasteiger partial charge in [-0.05, 0) is 61.4 Å². The van der Waals surface area contributed by atoms with Gasteiger partial charge < -0.3 is 14.2 Å². The van der Waals surface area contributed by atoms with Crippen LogP contribution in [-0.4, -0.2) is 52.0 Å². The Kier molecular flexibility index (Phi) is 6.73. The van der Waals surface area contributed by atoms with Gasteiger partial charge in [-0.3, -0.25) is 4.79 Å². The number of carbonyl (C=O) groups excluding carboxylic acids is 2. The first-order chi connectivity index (χ1) is 14.3. The zero-order valence-corrected chi connectivity index (χ0v) is 17.6. The standard InChI is InChI=1S/C21H23NO7S/c1-27-17-9-11-19(12-10-17)30(25,26)22-13-3-4-16(14-22)21(24)29-18-7-5-15(6-8-18)20(23)28-2/h5-12,16H,3-4,13-14H2,1-2H3/t16-/m1/s1. The number of carbonyl (C=O) groups is 2. The first-order valence-corrected chi connectivity index (χ1v) is 10.8. The Balaban J connectivity index is 1.67. The molecule has 2 aromatic rings. The van der Waals surface area contributed by atoms with Gasteiger partial charge in [-0.2, -0.15) is 4.31 Å². The number of sulfonamides is 1. The summed E-state index contributed by atoms with van der Waals surface area (Å²) in [6, 6.07) is 12.1. The average Bonchev–Trinajstić information content (AvgIpc) is 2.79. The molecule has 9 heteroatoms. The molecule has 0 saturated carbocycles.